The molecule has 0 N–H and O–H groups in total. The van der Waals surface area contributed by atoms with Gasteiger partial charge in [-0.2, -0.15) is 13.2 Å². The van der Waals surface area contributed by atoms with E-state index in [1.54, 1.807) is 0 Å². The van der Waals surface area contributed by atoms with Crippen LogP contribution in [0.3, 0.4) is 0 Å². The molecule has 0 aliphatic carbocycles. The van der Waals surface area contributed by atoms with Crippen molar-refractivity contribution < 1.29 is 13.2 Å². The van der Waals surface area contributed by atoms with Crippen LogP contribution >= 0.6 is 0 Å². The Balaban J connectivity index is 0. The van der Waals surface area contributed by atoms with Crippen LogP contribution in [0.25, 0.3) is 0 Å². The van der Waals surface area contributed by atoms with Crippen LogP contribution in [0.15, 0.2) is 12.3 Å². The Morgan fingerprint density at radius 2 is 1.44 bits per heavy atom. The molecule has 0 unspecified atom stereocenters. The molecular formula is C12H20F3N. The second-order valence-corrected chi connectivity index (χ2v) is 2.59. The predicted molar refractivity (Wildman–Crippen MR) is 61.4 cm³/mol. The molecule has 1 aromatic heterocycles. The Bertz CT molecular complexity index is 273. The minimum absolute atomic E-state index is 0.0301. The summed E-state index contributed by atoms with van der Waals surface area (Å²) in [6.45, 7) is 10.8. The van der Waals surface area contributed by atoms with E-state index in [0.29, 0.717) is 0 Å². The Labute approximate surface area is 95.7 Å². The summed E-state index contributed by atoms with van der Waals surface area (Å²) in [5.41, 5.74) is -0.373. The van der Waals surface area contributed by atoms with Crippen LogP contribution in [-0.2, 0) is 6.18 Å². The molecule has 16 heavy (non-hydrogen) atoms. The number of halogens is 3. The van der Waals surface area contributed by atoms with E-state index < -0.39 is 11.7 Å². The smallest absolute Gasteiger partial charge is 0.261 e. The van der Waals surface area contributed by atoms with Crippen LogP contribution in [-0.4, -0.2) is 4.98 Å². The lowest BCUT2D eigenvalue weighted by Gasteiger charge is -2.11. The van der Waals surface area contributed by atoms with Crippen LogP contribution in [0.4, 0.5) is 13.2 Å². The highest BCUT2D eigenvalue weighted by Gasteiger charge is 2.34. The Hall–Kier alpha value is -1.06. The molecule has 0 bridgehead atoms. The molecule has 0 aromatic carbocycles. The minimum Gasteiger partial charge on any atom is -0.261 e. The molecule has 0 radical (unpaired) electrons. The standard InChI is InChI=1S/C8H8F3N.2C2H6/c1-5-3-4-12-6(2)7(5)8(9,10)11;2*1-2/h3-4H,1-2H3;2*1-2H3. The fraction of sp³-hybridized carbons (Fsp3) is 0.583. The van der Waals surface area contributed by atoms with E-state index in [0.717, 1.165) is 0 Å². The molecule has 1 aromatic rings. The molecule has 0 aliphatic heterocycles. The van der Waals surface area contributed by atoms with Gasteiger partial charge in [0.25, 0.3) is 0 Å². The first-order valence-electron chi connectivity index (χ1n) is 5.42. The lowest BCUT2D eigenvalue weighted by molar-refractivity contribution is -0.138. The maximum atomic E-state index is 12.3. The molecule has 0 atom stereocenters. The molecular weight excluding hydrogens is 215 g/mol. The summed E-state index contributed by atoms with van der Waals surface area (Å²) in [7, 11) is 0. The van der Waals surface area contributed by atoms with Crippen molar-refractivity contribution in [3.63, 3.8) is 0 Å². The van der Waals surface area contributed by atoms with Gasteiger partial charge in [-0.1, -0.05) is 27.7 Å². The van der Waals surface area contributed by atoms with Crippen LogP contribution in [0, 0.1) is 13.8 Å². The molecule has 1 rings (SSSR count). The van der Waals surface area contributed by atoms with Gasteiger partial charge in [-0.25, -0.2) is 0 Å². The molecule has 0 spiro atoms. The number of hydrogen-bond acceptors (Lipinski definition) is 1. The summed E-state index contributed by atoms with van der Waals surface area (Å²) in [6.07, 6.45) is -2.91. The Kier molecular flexibility index (Phi) is 8.81. The zero-order valence-corrected chi connectivity index (χ0v) is 10.7. The Morgan fingerprint density at radius 1 is 1.00 bits per heavy atom. The predicted octanol–water partition coefficient (Wildman–Crippen LogP) is 4.77. The third-order valence-electron chi connectivity index (χ3n) is 1.63. The number of rotatable bonds is 0. The lowest BCUT2D eigenvalue weighted by Crippen LogP contribution is -2.10. The summed E-state index contributed by atoms with van der Waals surface area (Å²) in [5.74, 6) is 0. The second kappa shape index (κ2) is 8.13. The largest absolute Gasteiger partial charge is 0.418 e. The third-order valence-corrected chi connectivity index (χ3v) is 1.63. The maximum Gasteiger partial charge on any atom is 0.418 e. The molecule has 0 amide bonds. The lowest BCUT2D eigenvalue weighted by atomic mass is 10.1. The number of pyridine rings is 1. The maximum absolute atomic E-state index is 12.3. The normalized spacial score (nSPS) is 9.56. The van der Waals surface area contributed by atoms with Gasteiger partial charge in [-0.3, -0.25) is 4.98 Å². The summed E-state index contributed by atoms with van der Waals surface area (Å²) in [6, 6.07) is 1.36. The van der Waals surface area contributed by atoms with Gasteiger partial charge in [0.2, 0.25) is 0 Å². The monoisotopic (exact) mass is 235 g/mol. The van der Waals surface area contributed by atoms with Crippen molar-refractivity contribution in [3.05, 3.63) is 29.1 Å². The van der Waals surface area contributed by atoms with Gasteiger partial charge in [0.1, 0.15) is 0 Å². The molecule has 1 nitrogen and oxygen atoms in total. The van der Waals surface area contributed by atoms with Gasteiger partial charge in [0, 0.05) is 11.9 Å². The molecule has 94 valence electrons. The van der Waals surface area contributed by atoms with E-state index in [1.165, 1.54) is 26.1 Å². The first-order chi connectivity index (χ1) is 7.43. The van der Waals surface area contributed by atoms with Crippen molar-refractivity contribution in [1.82, 2.24) is 4.98 Å². The van der Waals surface area contributed by atoms with Crippen molar-refractivity contribution in [2.75, 3.05) is 0 Å². The number of hydrogen-bond donors (Lipinski definition) is 0. The SMILES string of the molecule is CC.CC.Cc1ccnc(C)c1C(F)(F)F. The van der Waals surface area contributed by atoms with Crippen molar-refractivity contribution in [2.24, 2.45) is 0 Å². The minimum atomic E-state index is -4.29. The molecule has 0 saturated heterocycles. The average Bonchev–Trinajstić information content (AvgIpc) is 2.21. The average molecular weight is 235 g/mol. The topological polar surface area (TPSA) is 12.9 Å². The van der Waals surface area contributed by atoms with Crippen LogP contribution in [0.1, 0.15) is 44.5 Å². The van der Waals surface area contributed by atoms with E-state index in [1.807, 2.05) is 27.7 Å². The highest BCUT2D eigenvalue weighted by molar-refractivity contribution is 5.30. The van der Waals surface area contributed by atoms with E-state index in [4.69, 9.17) is 0 Å². The Morgan fingerprint density at radius 3 is 1.69 bits per heavy atom. The first kappa shape index (κ1) is 17.3. The quantitative estimate of drug-likeness (QED) is 0.631. The van der Waals surface area contributed by atoms with Crippen molar-refractivity contribution in [1.29, 1.82) is 0 Å². The van der Waals surface area contributed by atoms with Crippen LogP contribution in [0.5, 0.6) is 0 Å². The fourth-order valence-electron chi connectivity index (χ4n) is 1.12. The molecule has 0 fully saturated rings. The third kappa shape index (κ3) is 5.14. The fourth-order valence-corrected chi connectivity index (χ4v) is 1.12. The van der Waals surface area contributed by atoms with Gasteiger partial charge < -0.3 is 0 Å². The number of aryl methyl sites for hydroxylation is 2. The molecule has 4 heteroatoms. The highest BCUT2D eigenvalue weighted by Crippen LogP contribution is 2.32. The van der Waals surface area contributed by atoms with Gasteiger partial charge in [-0.05, 0) is 25.5 Å². The summed E-state index contributed by atoms with van der Waals surface area (Å²) >= 11 is 0. The summed E-state index contributed by atoms with van der Waals surface area (Å²) in [4.78, 5) is 3.59. The van der Waals surface area contributed by atoms with Crippen molar-refractivity contribution >= 4 is 0 Å². The highest BCUT2D eigenvalue weighted by atomic mass is 19.4. The number of alkyl halides is 3. The first-order valence-corrected chi connectivity index (χ1v) is 5.42. The second-order valence-electron chi connectivity index (χ2n) is 2.59. The van der Waals surface area contributed by atoms with Gasteiger partial charge >= 0.3 is 6.18 Å². The van der Waals surface area contributed by atoms with Gasteiger partial charge in [0.15, 0.2) is 0 Å². The van der Waals surface area contributed by atoms with Crippen molar-refractivity contribution in [3.8, 4) is 0 Å². The summed E-state index contributed by atoms with van der Waals surface area (Å²) < 4.78 is 36.8. The van der Waals surface area contributed by atoms with E-state index in [2.05, 4.69) is 4.98 Å². The van der Waals surface area contributed by atoms with E-state index >= 15 is 0 Å². The molecule has 0 aliphatic rings. The molecule has 1 heterocycles. The van der Waals surface area contributed by atoms with Gasteiger partial charge in [0.05, 0.1) is 5.56 Å². The van der Waals surface area contributed by atoms with E-state index in [9.17, 15) is 13.2 Å². The number of aromatic nitrogens is 1. The zero-order valence-electron chi connectivity index (χ0n) is 10.7. The van der Waals surface area contributed by atoms with Gasteiger partial charge in [-0.15, -0.1) is 0 Å². The van der Waals surface area contributed by atoms with Crippen LogP contribution < -0.4 is 0 Å². The number of nitrogens with zero attached hydrogens (tertiary/aromatic N) is 1. The zero-order chi connectivity index (χ0) is 13.4. The van der Waals surface area contributed by atoms with Crippen molar-refractivity contribution in [2.45, 2.75) is 47.7 Å². The molecule has 0 saturated carbocycles. The van der Waals surface area contributed by atoms with Crippen LogP contribution in [0.2, 0.25) is 0 Å². The summed E-state index contributed by atoms with van der Waals surface area (Å²) in [5, 5.41) is 0. The van der Waals surface area contributed by atoms with E-state index in [-0.39, 0.29) is 11.3 Å².